The zero-order valence-corrected chi connectivity index (χ0v) is 47.1. The molecule has 9 aromatic rings. The van der Waals surface area contributed by atoms with Crippen LogP contribution < -0.4 is 41.0 Å². The van der Waals surface area contributed by atoms with Crippen LogP contribution >= 0.6 is 0 Å². The quantitative estimate of drug-likeness (QED) is 0.0620. The first-order valence-electron chi connectivity index (χ1n) is 26.6. The Morgan fingerprint density at radius 2 is 0.628 bits per heavy atom. The summed E-state index contributed by atoms with van der Waals surface area (Å²) in [6, 6.07) is 21.3. The van der Waals surface area contributed by atoms with E-state index >= 15 is 19.2 Å². The summed E-state index contributed by atoms with van der Waals surface area (Å²) in [7, 11) is 0. The Morgan fingerprint density at radius 3 is 0.910 bits per heavy atom. The average molecular weight is 1040 g/mol. The van der Waals surface area contributed by atoms with Gasteiger partial charge in [0.2, 0.25) is 10.9 Å². The number of ether oxygens (including phenoxy) is 2. The van der Waals surface area contributed by atoms with Crippen molar-refractivity contribution < 1.29 is 28.7 Å². The van der Waals surface area contributed by atoms with Crippen LogP contribution in [0.1, 0.15) is 174 Å². The van der Waals surface area contributed by atoms with Crippen LogP contribution in [0.25, 0.3) is 65.3 Å². The number of nitrogens with zero attached hydrogens (tertiary/aromatic N) is 2. The number of carbonyl (C=O) groups excluding carboxylic acids is 4. The van der Waals surface area contributed by atoms with Gasteiger partial charge in [-0.3, -0.25) is 38.4 Å². The van der Waals surface area contributed by atoms with Gasteiger partial charge in [-0.2, -0.15) is 0 Å². The number of benzene rings is 7. The van der Waals surface area contributed by atoms with Crippen LogP contribution in [0.15, 0.2) is 92.0 Å². The molecule has 0 bridgehead atoms. The molecular weight excluding hydrogens is 981 g/mol. The fourth-order valence-electron chi connectivity index (χ4n) is 11.5. The number of amides is 4. The van der Waals surface area contributed by atoms with Crippen molar-refractivity contribution in [2.24, 2.45) is 0 Å². The van der Waals surface area contributed by atoms with Gasteiger partial charge >= 0.3 is 0 Å². The lowest BCUT2D eigenvalue weighted by atomic mass is 9.76. The van der Waals surface area contributed by atoms with E-state index in [1.807, 2.05) is 24.3 Å². The van der Waals surface area contributed by atoms with Crippen molar-refractivity contribution in [2.75, 3.05) is 9.80 Å². The van der Waals surface area contributed by atoms with Crippen molar-refractivity contribution >= 4 is 78.1 Å². The van der Waals surface area contributed by atoms with E-state index < -0.39 is 57.6 Å². The van der Waals surface area contributed by atoms with E-state index in [-0.39, 0.29) is 88.4 Å². The third-order valence-corrected chi connectivity index (χ3v) is 15.6. The molecule has 0 fully saturated rings. The van der Waals surface area contributed by atoms with Crippen molar-refractivity contribution in [3.63, 3.8) is 0 Å². The topological polar surface area (TPSA) is 161 Å². The molecule has 0 N–H and O–H groups in total. The Bertz CT molecular complexity index is 4020. The molecule has 0 saturated carbocycles. The maximum atomic E-state index is 15.7. The molecule has 2 aliphatic rings. The second kappa shape index (κ2) is 16.7. The fourth-order valence-corrected chi connectivity index (χ4v) is 11.5. The largest absolute Gasteiger partial charge is 0.486 e. The first-order chi connectivity index (χ1) is 36.2. The Kier molecular flexibility index (Phi) is 11.1. The molecule has 0 spiro atoms. The molecule has 2 heterocycles. The second-order valence-electron chi connectivity index (χ2n) is 26.0. The monoisotopic (exact) mass is 1040 g/mol. The van der Waals surface area contributed by atoms with Crippen LogP contribution in [-0.4, -0.2) is 35.8 Å². The zero-order chi connectivity index (χ0) is 56.7. The van der Waals surface area contributed by atoms with Gasteiger partial charge in [0.1, 0.15) is 0 Å². The SMILES string of the molecule is CC(C)Oc1c(-c2cc3c4c(ccc5c6c(-c7c(OC(C)C)c(=O)c7=O)cc7c8c(ccc(c2c45)c86)C(=O)N(c2cc(C(C)(C)C)cc(C(C)(C)C)c2)C7=O)C(=O)N(c2cc(C(C)(C)C)cc(C(C)(C)C)c2)C3=O)c(=O)c1=O. The highest BCUT2D eigenvalue weighted by molar-refractivity contribution is 6.48. The summed E-state index contributed by atoms with van der Waals surface area (Å²) in [6.07, 6.45) is -1.08. The summed E-state index contributed by atoms with van der Waals surface area (Å²) in [4.78, 5) is 120. The molecule has 78 heavy (non-hydrogen) atoms. The highest BCUT2D eigenvalue weighted by Crippen LogP contribution is 2.54. The predicted octanol–water partition coefficient (Wildman–Crippen LogP) is 12.6. The predicted molar refractivity (Wildman–Crippen MR) is 310 cm³/mol. The lowest BCUT2D eigenvalue weighted by Gasteiger charge is -2.33. The van der Waals surface area contributed by atoms with Crippen molar-refractivity contribution in [3.05, 3.63) is 158 Å². The van der Waals surface area contributed by atoms with Crippen molar-refractivity contribution in [1.29, 1.82) is 0 Å². The lowest BCUT2D eigenvalue weighted by molar-refractivity contribution is 0.0877. The van der Waals surface area contributed by atoms with Crippen molar-refractivity contribution in [1.82, 2.24) is 0 Å². The summed E-state index contributed by atoms with van der Waals surface area (Å²) < 4.78 is 12.2. The number of anilines is 2. The zero-order valence-electron chi connectivity index (χ0n) is 47.1. The Hall–Kier alpha value is -8.12. The van der Waals surface area contributed by atoms with Crippen molar-refractivity contribution in [2.45, 2.75) is 145 Å². The van der Waals surface area contributed by atoms with Gasteiger partial charge in [-0.05, 0) is 164 Å². The fraction of sp³-hybridized carbons (Fsp3) is 0.333. The Morgan fingerprint density at radius 1 is 0.333 bits per heavy atom. The first-order valence-corrected chi connectivity index (χ1v) is 26.6. The Labute approximate surface area is 451 Å². The van der Waals surface area contributed by atoms with Gasteiger partial charge in [0.15, 0.2) is 11.5 Å². The van der Waals surface area contributed by atoms with E-state index in [0.717, 1.165) is 22.3 Å². The summed E-state index contributed by atoms with van der Waals surface area (Å²) >= 11 is 0. The van der Waals surface area contributed by atoms with Gasteiger partial charge in [-0.25, -0.2) is 9.80 Å². The van der Waals surface area contributed by atoms with Crippen molar-refractivity contribution in [3.8, 4) is 33.8 Å². The van der Waals surface area contributed by atoms with Crippen LogP contribution in [0.4, 0.5) is 11.4 Å². The van der Waals surface area contributed by atoms with Gasteiger partial charge in [-0.1, -0.05) is 107 Å². The number of carbonyl (C=O) groups is 4. The summed E-state index contributed by atoms with van der Waals surface area (Å²) in [6.45, 7) is 31.6. The van der Waals surface area contributed by atoms with Crippen LogP contribution in [0.3, 0.4) is 0 Å². The van der Waals surface area contributed by atoms with Crippen LogP contribution in [0.5, 0.6) is 11.5 Å². The maximum Gasteiger partial charge on any atom is 0.268 e. The summed E-state index contributed by atoms with van der Waals surface area (Å²) in [5.41, 5.74) is 0.0133. The first kappa shape index (κ1) is 52.0. The molecule has 0 radical (unpaired) electrons. The van der Waals surface area contributed by atoms with Crippen LogP contribution in [-0.2, 0) is 21.7 Å². The number of imide groups is 2. The highest BCUT2D eigenvalue weighted by Gasteiger charge is 2.43. The third kappa shape index (κ3) is 7.45. The van der Waals surface area contributed by atoms with Crippen LogP contribution in [0, 0.1) is 0 Å². The maximum absolute atomic E-state index is 15.7. The van der Waals surface area contributed by atoms with Gasteiger partial charge < -0.3 is 9.47 Å². The minimum Gasteiger partial charge on any atom is -0.486 e. The second-order valence-corrected chi connectivity index (χ2v) is 26.0. The number of fused-ring (bicyclic) bond motifs is 2. The molecule has 0 aliphatic carbocycles. The van der Waals surface area contributed by atoms with E-state index in [9.17, 15) is 19.2 Å². The third-order valence-electron chi connectivity index (χ3n) is 15.6. The molecule has 4 amide bonds. The molecule has 0 atom stereocenters. The Balaban J connectivity index is 1.30. The summed E-state index contributed by atoms with van der Waals surface area (Å²) in [5, 5.41) is 2.62. The van der Waals surface area contributed by atoms with Gasteiger partial charge in [0, 0.05) is 33.0 Å². The summed E-state index contributed by atoms with van der Waals surface area (Å²) in [5.74, 6) is -2.95. The minimum atomic E-state index is -0.850. The minimum absolute atomic E-state index is 0.0591. The molecule has 0 aromatic heterocycles. The molecule has 396 valence electrons. The lowest BCUT2D eigenvalue weighted by Crippen LogP contribution is -2.41. The molecule has 11 rings (SSSR count). The average Bonchev–Trinajstić information content (AvgIpc) is 3.38. The molecule has 12 heteroatoms. The highest BCUT2D eigenvalue weighted by atomic mass is 16.5. The van der Waals surface area contributed by atoms with E-state index in [1.165, 1.54) is 9.80 Å². The molecule has 0 saturated heterocycles. The van der Waals surface area contributed by atoms with E-state index in [0.29, 0.717) is 43.7 Å². The standard InChI is InChI=1S/C66H62N2O10/c1-29(2)77-57-51(53(69)55(57)71)41-27-43-47-39(59(73)67(61(43)75)35-23-31(63(5,6)7)21-32(24-35)64(8,9)10)20-18-38-46-42(52-54(70)56(72)58(52)78-30(3)4)28-44-48-40(19-17-37(50(46)48)45(41)49(38)47)60(74)68(62(44)76)36-25-33(65(11,12)13)22-34(26-36)66(14,15)16/h17-30H,1-16H3. The van der Waals surface area contributed by atoms with Gasteiger partial charge in [0.05, 0.1) is 34.7 Å². The van der Waals surface area contributed by atoms with E-state index in [2.05, 4.69) is 95.2 Å². The smallest absolute Gasteiger partial charge is 0.268 e. The number of hydrogen-bond acceptors (Lipinski definition) is 10. The molecular formula is C66H62N2O10. The molecule has 0 unspecified atom stereocenters. The number of rotatable bonds is 8. The van der Waals surface area contributed by atoms with E-state index in [1.54, 1.807) is 64.1 Å². The van der Waals surface area contributed by atoms with Crippen LogP contribution in [0.2, 0.25) is 0 Å². The molecule has 2 aliphatic heterocycles. The molecule has 12 nitrogen and oxygen atoms in total. The van der Waals surface area contributed by atoms with Gasteiger partial charge in [-0.15, -0.1) is 0 Å². The molecule has 9 aromatic carbocycles. The number of hydrogen-bond donors (Lipinski definition) is 0. The van der Waals surface area contributed by atoms with E-state index in [4.69, 9.17) is 9.47 Å². The van der Waals surface area contributed by atoms with Gasteiger partial charge in [0.25, 0.3) is 34.5 Å². The normalized spacial score (nSPS) is 14.6.